The van der Waals surface area contributed by atoms with E-state index in [-0.39, 0.29) is 6.61 Å². The van der Waals surface area contributed by atoms with Crippen LogP contribution in [-0.4, -0.2) is 55.5 Å². The van der Waals surface area contributed by atoms with Crippen LogP contribution in [0.1, 0.15) is 25.8 Å². The van der Waals surface area contributed by atoms with Gasteiger partial charge in [-0.3, -0.25) is 0 Å². The molecule has 0 aliphatic carbocycles. The Hall–Kier alpha value is -2.89. The molecule has 2 aliphatic rings. The SMILES string of the molecule is CC1=C/C(=C(\C)C#N)C=C(/C=C/c2ccc(N(C)CCO[C@H]3CC(O)[C@@H](CO)O3)cc2)O1. The van der Waals surface area contributed by atoms with E-state index in [1.165, 1.54) is 0 Å². The Labute approximate surface area is 189 Å². The van der Waals surface area contributed by atoms with Gasteiger partial charge in [-0.15, -0.1) is 0 Å². The molecule has 3 atom stereocenters. The van der Waals surface area contributed by atoms with E-state index in [2.05, 4.69) is 11.0 Å². The third-order valence-corrected chi connectivity index (χ3v) is 5.41. The van der Waals surface area contributed by atoms with Crippen molar-refractivity contribution in [3.63, 3.8) is 0 Å². The molecular weight excluding hydrogens is 408 g/mol. The predicted molar refractivity (Wildman–Crippen MR) is 122 cm³/mol. The molecule has 7 nitrogen and oxygen atoms in total. The van der Waals surface area contributed by atoms with Crippen LogP contribution in [0, 0.1) is 11.3 Å². The number of aliphatic hydroxyl groups is 2. The van der Waals surface area contributed by atoms with Crippen LogP contribution in [0.15, 0.2) is 65.2 Å². The van der Waals surface area contributed by atoms with Crippen molar-refractivity contribution < 1.29 is 24.4 Å². The van der Waals surface area contributed by atoms with Crippen molar-refractivity contribution in [1.82, 2.24) is 0 Å². The van der Waals surface area contributed by atoms with Crippen LogP contribution in [0.2, 0.25) is 0 Å². The van der Waals surface area contributed by atoms with Crippen molar-refractivity contribution >= 4 is 11.8 Å². The number of benzene rings is 1. The maximum atomic E-state index is 9.75. The van der Waals surface area contributed by atoms with E-state index in [1.807, 2.05) is 62.5 Å². The highest BCUT2D eigenvalue weighted by atomic mass is 16.7. The second-order valence-electron chi connectivity index (χ2n) is 7.90. The summed E-state index contributed by atoms with van der Waals surface area (Å²) in [5.41, 5.74) is 3.59. The number of anilines is 1. The van der Waals surface area contributed by atoms with E-state index in [0.29, 0.717) is 30.9 Å². The molecule has 1 unspecified atom stereocenters. The lowest BCUT2D eigenvalue weighted by Crippen LogP contribution is -2.26. The molecule has 0 aromatic heterocycles. The number of allylic oxidation sites excluding steroid dienone is 6. The smallest absolute Gasteiger partial charge is 0.160 e. The number of hydrogen-bond acceptors (Lipinski definition) is 7. The molecule has 0 radical (unpaired) electrons. The summed E-state index contributed by atoms with van der Waals surface area (Å²) >= 11 is 0. The largest absolute Gasteiger partial charge is 0.462 e. The highest BCUT2D eigenvalue weighted by Crippen LogP contribution is 2.24. The molecule has 32 heavy (non-hydrogen) atoms. The lowest BCUT2D eigenvalue weighted by atomic mass is 10.1. The zero-order chi connectivity index (χ0) is 23.1. The summed E-state index contributed by atoms with van der Waals surface area (Å²) < 4.78 is 16.9. The van der Waals surface area contributed by atoms with Gasteiger partial charge in [0, 0.05) is 31.3 Å². The minimum Gasteiger partial charge on any atom is -0.462 e. The quantitative estimate of drug-likeness (QED) is 0.602. The molecule has 1 aromatic carbocycles. The predicted octanol–water partition coefficient (Wildman–Crippen LogP) is 3.28. The van der Waals surface area contributed by atoms with Gasteiger partial charge in [0.05, 0.1) is 25.4 Å². The van der Waals surface area contributed by atoms with E-state index in [4.69, 9.17) is 24.6 Å². The van der Waals surface area contributed by atoms with Crippen molar-refractivity contribution in [3.8, 4) is 6.07 Å². The van der Waals surface area contributed by atoms with Gasteiger partial charge < -0.3 is 29.3 Å². The first-order valence-corrected chi connectivity index (χ1v) is 10.6. The number of ether oxygens (including phenoxy) is 3. The summed E-state index contributed by atoms with van der Waals surface area (Å²) in [7, 11) is 1.98. The Morgan fingerprint density at radius 1 is 1.28 bits per heavy atom. The van der Waals surface area contributed by atoms with Crippen LogP contribution in [-0.2, 0) is 14.2 Å². The summed E-state index contributed by atoms with van der Waals surface area (Å²) in [5.74, 6) is 1.44. The van der Waals surface area contributed by atoms with Crippen molar-refractivity contribution in [1.29, 1.82) is 5.26 Å². The minimum absolute atomic E-state index is 0.210. The molecule has 170 valence electrons. The van der Waals surface area contributed by atoms with Crippen molar-refractivity contribution in [2.45, 2.75) is 38.8 Å². The lowest BCUT2D eigenvalue weighted by molar-refractivity contribution is -0.141. The number of hydrogen-bond donors (Lipinski definition) is 2. The van der Waals surface area contributed by atoms with Crippen LogP contribution in [0.3, 0.4) is 0 Å². The Morgan fingerprint density at radius 3 is 2.69 bits per heavy atom. The molecule has 2 aliphatic heterocycles. The van der Waals surface area contributed by atoms with Crippen molar-refractivity contribution in [2.75, 3.05) is 31.7 Å². The molecule has 0 amide bonds. The van der Waals surface area contributed by atoms with Gasteiger partial charge in [0.15, 0.2) is 6.29 Å². The Kier molecular flexibility index (Phi) is 8.26. The monoisotopic (exact) mass is 438 g/mol. The summed E-state index contributed by atoms with van der Waals surface area (Å²) in [4.78, 5) is 2.07. The second kappa shape index (κ2) is 11.1. The number of nitriles is 1. The van der Waals surface area contributed by atoms with Gasteiger partial charge >= 0.3 is 0 Å². The van der Waals surface area contributed by atoms with Crippen LogP contribution >= 0.6 is 0 Å². The van der Waals surface area contributed by atoms with Crippen LogP contribution in [0.25, 0.3) is 6.08 Å². The van der Waals surface area contributed by atoms with E-state index < -0.39 is 18.5 Å². The van der Waals surface area contributed by atoms with Gasteiger partial charge in [-0.2, -0.15) is 5.26 Å². The third-order valence-electron chi connectivity index (χ3n) is 5.41. The summed E-state index contributed by atoms with van der Waals surface area (Å²) in [6.07, 6.45) is 6.22. The number of nitrogens with zero attached hydrogens (tertiary/aromatic N) is 2. The minimum atomic E-state index is -0.684. The van der Waals surface area contributed by atoms with Crippen LogP contribution in [0.4, 0.5) is 5.69 Å². The first-order chi connectivity index (χ1) is 15.4. The van der Waals surface area contributed by atoms with E-state index in [9.17, 15) is 5.11 Å². The molecule has 7 heteroatoms. The first kappa shape index (κ1) is 23.8. The standard InChI is InChI=1S/C25H30N2O5/c1-17(15-26)20-12-18(2)31-22(13-20)9-6-19-4-7-21(8-5-19)27(3)10-11-30-25-14-23(29)24(16-28)32-25/h4-9,12-13,23-25,28-29H,10-11,14,16H2,1-3H3/b9-6+,20-17-/t23?,24-,25-/m1/s1. The van der Waals surface area contributed by atoms with Gasteiger partial charge in [-0.25, -0.2) is 0 Å². The zero-order valence-corrected chi connectivity index (χ0v) is 18.7. The highest BCUT2D eigenvalue weighted by molar-refractivity contribution is 5.58. The van der Waals surface area contributed by atoms with Gasteiger partial charge in [0.1, 0.15) is 17.6 Å². The molecule has 0 spiro atoms. The average Bonchev–Trinajstić information content (AvgIpc) is 3.16. The molecular formula is C25H30N2O5. The molecule has 2 heterocycles. The summed E-state index contributed by atoms with van der Waals surface area (Å²) in [5, 5.41) is 28.0. The average molecular weight is 439 g/mol. The van der Waals surface area contributed by atoms with Gasteiger partial charge in [-0.05, 0) is 55.3 Å². The Bertz CT molecular complexity index is 956. The fourth-order valence-electron chi connectivity index (χ4n) is 3.45. The van der Waals surface area contributed by atoms with E-state index in [1.54, 1.807) is 6.92 Å². The van der Waals surface area contributed by atoms with Gasteiger partial charge in [0.25, 0.3) is 0 Å². The van der Waals surface area contributed by atoms with E-state index >= 15 is 0 Å². The molecule has 1 saturated heterocycles. The fourth-order valence-corrected chi connectivity index (χ4v) is 3.45. The number of likely N-dealkylation sites (N-methyl/N-ethyl adjacent to an activating group) is 1. The number of rotatable bonds is 8. The van der Waals surface area contributed by atoms with Crippen molar-refractivity contribution in [3.05, 3.63) is 70.7 Å². The highest BCUT2D eigenvalue weighted by Gasteiger charge is 2.33. The summed E-state index contributed by atoms with van der Waals surface area (Å²) in [6, 6.07) is 10.3. The normalized spacial score (nSPS) is 24.6. The maximum Gasteiger partial charge on any atom is 0.160 e. The van der Waals surface area contributed by atoms with Crippen molar-refractivity contribution in [2.24, 2.45) is 0 Å². The molecule has 0 bridgehead atoms. The first-order valence-electron chi connectivity index (χ1n) is 10.6. The van der Waals surface area contributed by atoms with E-state index in [0.717, 1.165) is 22.6 Å². The molecule has 2 N–H and O–H groups in total. The maximum absolute atomic E-state index is 9.75. The molecule has 0 saturated carbocycles. The number of aliphatic hydroxyl groups excluding tert-OH is 2. The fraction of sp³-hybridized carbons (Fsp3) is 0.400. The Balaban J connectivity index is 1.51. The zero-order valence-electron chi connectivity index (χ0n) is 18.7. The Morgan fingerprint density at radius 2 is 2.03 bits per heavy atom. The molecule has 3 rings (SSSR count). The second-order valence-corrected chi connectivity index (χ2v) is 7.90. The molecule has 1 fully saturated rings. The van der Waals surface area contributed by atoms with Gasteiger partial charge in [0.2, 0.25) is 0 Å². The van der Waals surface area contributed by atoms with Crippen LogP contribution < -0.4 is 4.90 Å². The van der Waals surface area contributed by atoms with Crippen LogP contribution in [0.5, 0.6) is 0 Å². The topological polar surface area (TPSA) is 95.2 Å². The third kappa shape index (κ3) is 6.31. The summed E-state index contributed by atoms with van der Waals surface area (Å²) in [6.45, 7) is 4.56. The lowest BCUT2D eigenvalue weighted by Gasteiger charge is -2.21. The van der Waals surface area contributed by atoms with Gasteiger partial charge in [-0.1, -0.05) is 18.2 Å². The molecule has 1 aromatic rings.